The van der Waals surface area contributed by atoms with Gasteiger partial charge in [-0.15, -0.1) is 0 Å². The fraction of sp³-hybridized carbons (Fsp3) is 0.235. The van der Waals surface area contributed by atoms with Gasteiger partial charge in [0.2, 0.25) is 5.91 Å². The van der Waals surface area contributed by atoms with Crippen molar-refractivity contribution in [2.24, 2.45) is 5.92 Å². The Labute approximate surface area is 118 Å². The second kappa shape index (κ2) is 5.37. The van der Waals surface area contributed by atoms with Crippen molar-refractivity contribution in [2.75, 3.05) is 5.32 Å². The highest BCUT2D eigenvalue weighted by molar-refractivity contribution is 6.01. The van der Waals surface area contributed by atoms with Crippen LogP contribution in [0.2, 0.25) is 0 Å². The normalized spacial score (nSPS) is 21.1. The number of hydrogen-bond acceptors (Lipinski definition) is 2. The van der Waals surface area contributed by atoms with Crippen molar-refractivity contribution in [1.29, 1.82) is 0 Å². The molecule has 0 spiro atoms. The van der Waals surface area contributed by atoms with E-state index in [4.69, 9.17) is 4.42 Å². The first kappa shape index (κ1) is 12.7. The van der Waals surface area contributed by atoms with Crippen molar-refractivity contribution in [1.82, 2.24) is 0 Å². The second-order valence-corrected chi connectivity index (χ2v) is 5.25. The quantitative estimate of drug-likeness (QED) is 0.849. The number of hydrogen-bond donors (Lipinski definition) is 1. The summed E-state index contributed by atoms with van der Waals surface area (Å²) in [5.74, 6) is 2.88. The zero-order chi connectivity index (χ0) is 13.9. The van der Waals surface area contributed by atoms with E-state index in [0.717, 1.165) is 23.1 Å². The predicted molar refractivity (Wildman–Crippen MR) is 79.3 cm³/mol. The lowest BCUT2D eigenvalue weighted by molar-refractivity contribution is -0.111. The van der Waals surface area contributed by atoms with Crippen LogP contribution < -0.4 is 5.32 Å². The predicted octanol–water partition coefficient (Wildman–Crippen LogP) is 4.05. The third-order valence-electron chi connectivity index (χ3n) is 3.56. The number of rotatable bonds is 4. The summed E-state index contributed by atoms with van der Waals surface area (Å²) in [6.07, 6.45) is 4.39. The zero-order valence-corrected chi connectivity index (χ0v) is 11.4. The average molecular weight is 267 g/mol. The Morgan fingerprint density at radius 2 is 2.00 bits per heavy atom. The highest BCUT2D eigenvalue weighted by atomic mass is 16.3. The van der Waals surface area contributed by atoms with Crippen LogP contribution in [0.3, 0.4) is 0 Å². The number of nitrogens with one attached hydrogen (secondary N) is 1. The van der Waals surface area contributed by atoms with Crippen molar-refractivity contribution in [3.63, 3.8) is 0 Å². The number of furan rings is 1. The molecular weight excluding hydrogens is 250 g/mol. The summed E-state index contributed by atoms with van der Waals surface area (Å²) < 4.78 is 5.71. The van der Waals surface area contributed by atoms with Crippen LogP contribution in [0.4, 0.5) is 5.69 Å². The Bertz CT molecular complexity index is 627. The standard InChI is InChI=1S/C17H17NO2/c1-12-11-15(12)16-9-7-14(20-16)8-10-17(19)18-13-5-3-2-4-6-13/h2-10,12,15H,11H2,1H3,(H,18,19)/b10-8+/t12-,15+/m1/s1. The van der Waals surface area contributed by atoms with Crippen LogP contribution in [-0.4, -0.2) is 5.91 Å². The van der Waals surface area contributed by atoms with E-state index in [9.17, 15) is 4.79 Å². The molecule has 1 heterocycles. The molecular formula is C17H17NO2. The maximum Gasteiger partial charge on any atom is 0.248 e. The van der Waals surface area contributed by atoms with E-state index in [2.05, 4.69) is 12.2 Å². The molecule has 2 atom stereocenters. The topological polar surface area (TPSA) is 42.2 Å². The van der Waals surface area contributed by atoms with Gasteiger partial charge in [0, 0.05) is 17.7 Å². The molecule has 0 unspecified atom stereocenters. The fourth-order valence-corrected chi connectivity index (χ4v) is 2.24. The maximum absolute atomic E-state index is 11.8. The molecule has 1 saturated carbocycles. The van der Waals surface area contributed by atoms with Gasteiger partial charge < -0.3 is 9.73 Å². The van der Waals surface area contributed by atoms with Crippen molar-refractivity contribution in [2.45, 2.75) is 19.3 Å². The molecule has 3 heteroatoms. The molecule has 1 aromatic heterocycles. The van der Waals surface area contributed by atoms with Crippen LogP contribution in [0.25, 0.3) is 6.08 Å². The van der Waals surface area contributed by atoms with E-state index in [0.29, 0.717) is 5.92 Å². The summed E-state index contributed by atoms with van der Waals surface area (Å²) in [5.41, 5.74) is 0.786. The van der Waals surface area contributed by atoms with Gasteiger partial charge in [-0.05, 0) is 42.7 Å². The molecule has 102 valence electrons. The molecule has 0 bridgehead atoms. The summed E-state index contributed by atoms with van der Waals surface area (Å²) in [6, 6.07) is 13.3. The molecule has 1 aliphatic carbocycles. The van der Waals surface area contributed by atoms with E-state index in [1.807, 2.05) is 42.5 Å². The Kier molecular flexibility index (Phi) is 3.42. The van der Waals surface area contributed by atoms with Gasteiger partial charge in [0.05, 0.1) is 0 Å². The molecule has 1 fully saturated rings. The lowest BCUT2D eigenvalue weighted by Gasteiger charge is -1.99. The number of benzene rings is 1. The van der Waals surface area contributed by atoms with Crippen LogP contribution in [0, 0.1) is 5.92 Å². The monoisotopic (exact) mass is 267 g/mol. The van der Waals surface area contributed by atoms with Gasteiger partial charge in [-0.25, -0.2) is 0 Å². The molecule has 1 aliphatic rings. The van der Waals surface area contributed by atoms with Gasteiger partial charge in [0.1, 0.15) is 11.5 Å². The highest BCUT2D eigenvalue weighted by Crippen LogP contribution is 2.47. The van der Waals surface area contributed by atoms with Crippen LogP contribution in [-0.2, 0) is 4.79 Å². The third-order valence-corrected chi connectivity index (χ3v) is 3.56. The first-order valence-electron chi connectivity index (χ1n) is 6.86. The summed E-state index contributed by atoms with van der Waals surface area (Å²) in [6.45, 7) is 2.22. The number of para-hydroxylation sites is 1. The van der Waals surface area contributed by atoms with Crippen molar-refractivity contribution in [3.05, 3.63) is 60.1 Å². The third kappa shape index (κ3) is 2.99. The SMILES string of the molecule is C[C@@H]1C[C@@H]1c1ccc(/C=C/C(=O)Nc2ccccc2)o1. The molecule has 0 radical (unpaired) electrons. The summed E-state index contributed by atoms with van der Waals surface area (Å²) in [4.78, 5) is 11.8. The average Bonchev–Trinajstić information content (AvgIpc) is 3.01. The van der Waals surface area contributed by atoms with Crippen LogP contribution in [0.5, 0.6) is 0 Å². The second-order valence-electron chi connectivity index (χ2n) is 5.25. The minimum Gasteiger partial charge on any atom is -0.461 e. The van der Waals surface area contributed by atoms with Crippen molar-refractivity contribution >= 4 is 17.7 Å². The maximum atomic E-state index is 11.8. The van der Waals surface area contributed by atoms with Gasteiger partial charge >= 0.3 is 0 Å². The Hall–Kier alpha value is -2.29. The molecule has 3 rings (SSSR count). The highest BCUT2D eigenvalue weighted by Gasteiger charge is 2.36. The molecule has 1 amide bonds. The number of carbonyl (C=O) groups is 1. The Morgan fingerprint density at radius 1 is 1.25 bits per heavy atom. The van der Waals surface area contributed by atoms with Gasteiger partial charge in [-0.3, -0.25) is 4.79 Å². The Balaban J connectivity index is 1.59. The lowest BCUT2D eigenvalue weighted by atomic mass is 10.3. The number of amides is 1. The Morgan fingerprint density at radius 3 is 2.70 bits per heavy atom. The number of carbonyl (C=O) groups excluding carboxylic acids is 1. The zero-order valence-electron chi connectivity index (χ0n) is 11.4. The molecule has 1 N–H and O–H groups in total. The van der Waals surface area contributed by atoms with Crippen LogP contribution in [0.15, 0.2) is 53.0 Å². The summed E-state index contributed by atoms with van der Waals surface area (Å²) >= 11 is 0. The fourth-order valence-electron chi connectivity index (χ4n) is 2.24. The molecule has 1 aromatic carbocycles. The minimum atomic E-state index is -0.158. The largest absolute Gasteiger partial charge is 0.461 e. The van der Waals surface area contributed by atoms with E-state index in [1.54, 1.807) is 6.08 Å². The van der Waals surface area contributed by atoms with Crippen molar-refractivity contribution < 1.29 is 9.21 Å². The van der Waals surface area contributed by atoms with E-state index < -0.39 is 0 Å². The summed E-state index contributed by atoms with van der Waals surface area (Å²) in [7, 11) is 0. The van der Waals surface area contributed by atoms with Gasteiger partial charge in [-0.2, -0.15) is 0 Å². The number of anilines is 1. The molecule has 3 nitrogen and oxygen atoms in total. The van der Waals surface area contributed by atoms with E-state index in [1.165, 1.54) is 12.5 Å². The smallest absolute Gasteiger partial charge is 0.248 e. The summed E-state index contributed by atoms with van der Waals surface area (Å²) in [5, 5.41) is 2.79. The van der Waals surface area contributed by atoms with Crippen molar-refractivity contribution in [3.8, 4) is 0 Å². The van der Waals surface area contributed by atoms with E-state index >= 15 is 0 Å². The molecule has 2 aromatic rings. The van der Waals surface area contributed by atoms with Crippen LogP contribution in [0.1, 0.15) is 30.8 Å². The molecule has 0 saturated heterocycles. The lowest BCUT2D eigenvalue weighted by Crippen LogP contribution is -2.07. The minimum absolute atomic E-state index is 0.158. The van der Waals surface area contributed by atoms with Crippen LogP contribution >= 0.6 is 0 Å². The first-order chi connectivity index (χ1) is 9.72. The van der Waals surface area contributed by atoms with Gasteiger partial charge in [-0.1, -0.05) is 25.1 Å². The molecule has 0 aliphatic heterocycles. The molecule has 20 heavy (non-hydrogen) atoms. The van der Waals surface area contributed by atoms with Gasteiger partial charge in [0.15, 0.2) is 0 Å². The van der Waals surface area contributed by atoms with E-state index in [-0.39, 0.29) is 5.91 Å². The van der Waals surface area contributed by atoms with Gasteiger partial charge in [0.25, 0.3) is 0 Å². The first-order valence-corrected chi connectivity index (χ1v) is 6.86.